The molecule has 4 nitrogen and oxygen atoms in total. The summed E-state index contributed by atoms with van der Waals surface area (Å²) in [5, 5.41) is 2.98. The van der Waals surface area contributed by atoms with Crippen molar-refractivity contribution < 1.29 is 9.21 Å². The van der Waals surface area contributed by atoms with Crippen molar-refractivity contribution in [2.75, 3.05) is 6.54 Å². The molecule has 0 bridgehead atoms. The van der Waals surface area contributed by atoms with Crippen molar-refractivity contribution in [1.82, 2.24) is 5.32 Å². The third-order valence-electron chi connectivity index (χ3n) is 4.14. The summed E-state index contributed by atoms with van der Waals surface area (Å²) in [5.41, 5.74) is 6.49. The van der Waals surface area contributed by atoms with Gasteiger partial charge in [-0.25, -0.2) is 0 Å². The van der Waals surface area contributed by atoms with Gasteiger partial charge in [-0.2, -0.15) is 0 Å². The lowest BCUT2D eigenvalue weighted by atomic mass is 9.70. The van der Waals surface area contributed by atoms with Gasteiger partial charge in [0.1, 0.15) is 0 Å². The number of carbonyl (C=O) groups excluding carboxylic acids is 1. The van der Waals surface area contributed by atoms with Gasteiger partial charge in [0.05, 0.1) is 17.9 Å². The third-order valence-corrected chi connectivity index (χ3v) is 4.14. The summed E-state index contributed by atoms with van der Waals surface area (Å²) in [5.74, 6) is 0.810. The lowest BCUT2D eigenvalue weighted by Gasteiger charge is -2.37. The molecule has 0 radical (unpaired) electrons. The standard InChI is InChI=1S/C14H22N2O2/c1-11-2-5-14(10-15,6-3-11)13(17)16-8-12-4-7-18-9-12/h4,7,9,11H,2-3,5-6,8,10,15H2,1H3,(H,16,17). The van der Waals surface area contributed by atoms with Crippen LogP contribution in [0.1, 0.15) is 38.2 Å². The van der Waals surface area contributed by atoms with Gasteiger partial charge in [0, 0.05) is 18.7 Å². The van der Waals surface area contributed by atoms with Gasteiger partial charge >= 0.3 is 0 Å². The molecule has 18 heavy (non-hydrogen) atoms. The molecule has 1 fully saturated rings. The molecular weight excluding hydrogens is 228 g/mol. The van der Waals surface area contributed by atoms with Crippen LogP contribution in [0.3, 0.4) is 0 Å². The quantitative estimate of drug-likeness (QED) is 0.859. The van der Waals surface area contributed by atoms with Crippen molar-refractivity contribution in [3.8, 4) is 0 Å². The van der Waals surface area contributed by atoms with Crippen LogP contribution in [0.4, 0.5) is 0 Å². The number of amides is 1. The minimum atomic E-state index is -0.351. The Morgan fingerprint density at radius 1 is 1.56 bits per heavy atom. The van der Waals surface area contributed by atoms with Gasteiger partial charge in [-0.3, -0.25) is 4.79 Å². The van der Waals surface area contributed by atoms with E-state index in [1.165, 1.54) is 0 Å². The zero-order valence-corrected chi connectivity index (χ0v) is 10.9. The predicted molar refractivity (Wildman–Crippen MR) is 69.7 cm³/mol. The van der Waals surface area contributed by atoms with Gasteiger partial charge in [0.25, 0.3) is 0 Å². The Hall–Kier alpha value is -1.29. The normalized spacial score (nSPS) is 28.0. The van der Waals surface area contributed by atoms with Crippen LogP contribution < -0.4 is 11.1 Å². The first-order chi connectivity index (χ1) is 8.66. The zero-order valence-electron chi connectivity index (χ0n) is 10.9. The van der Waals surface area contributed by atoms with E-state index < -0.39 is 0 Å². The molecule has 1 aromatic rings. The SMILES string of the molecule is CC1CCC(CN)(C(=O)NCc2ccoc2)CC1. The van der Waals surface area contributed by atoms with E-state index in [9.17, 15) is 4.79 Å². The number of hydrogen-bond acceptors (Lipinski definition) is 3. The Morgan fingerprint density at radius 2 is 2.28 bits per heavy atom. The fraction of sp³-hybridized carbons (Fsp3) is 0.643. The molecule has 1 heterocycles. The summed E-state index contributed by atoms with van der Waals surface area (Å²) in [6, 6.07) is 1.86. The molecule has 0 unspecified atom stereocenters. The molecule has 1 aromatic heterocycles. The maximum atomic E-state index is 12.3. The molecule has 100 valence electrons. The van der Waals surface area contributed by atoms with Gasteiger partial charge in [-0.05, 0) is 37.7 Å². The van der Waals surface area contributed by atoms with Crippen molar-refractivity contribution in [2.24, 2.45) is 17.1 Å². The fourth-order valence-corrected chi connectivity index (χ4v) is 2.60. The maximum Gasteiger partial charge on any atom is 0.227 e. The highest BCUT2D eigenvalue weighted by Crippen LogP contribution is 2.38. The largest absolute Gasteiger partial charge is 0.472 e. The number of rotatable bonds is 4. The monoisotopic (exact) mass is 250 g/mol. The van der Waals surface area contributed by atoms with E-state index in [1.54, 1.807) is 12.5 Å². The Balaban J connectivity index is 1.93. The Kier molecular flexibility index (Phi) is 4.07. The number of furan rings is 1. The van der Waals surface area contributed by atoms with E-state index in [4.69, 9.17) is 10.2 Å². The highest BCUT2D eigenvalue weighted by molar-refractivity contribution is 5.83. The Labute approximate surface area is 108 Å². The second-order valence-corrected chi connectivity index (χ2v) is 5.48. The molecule has 0 atom stereocenters. The van der Waals surface area contributed by atoms with Crippen LogP contribution in [-0.2, 0) is 11.3 Å². The maximum absolute atomic E-state index is 12.3. The summed E-state index contributed by atoms with van der Waals surface area (Å²) >= 11 is 0. The van der Waals surface area contributed by atoms with Crippen molar-refractivity contribution in [3.63, 3.8) is 0 Å². The summed E-state index contributed by atoms with van der Waals surface area (Å²) < 4.78 is 4.98. The topological polar surface area (TPSA) is 68.3 Å². The Morgan fingerprint density at radius 3 is 2.83 bits per heavy atom. The van der Waals surface area contributed by atoms with E-state index in [1.807, 2.05) is 6.07 Å². The average molecular weight is 250 g/mol. The lowest BCUT2D eigenvalue weighted by Crippen LogP contribution is -2.47. The molecule has 0 aromatic carbocycles. The van der Waals surface area contributed by atoms with Gasteiger partial charge in [-0.15, -0.1) is 0 Å². The van der Waals surface area contributed by atoms with E-state index in [2.05, 4.69) is 12.2 Å². The van der Waals surface area contributed by atoms with Gasteiger partial charge < -0.3 is 15.5 Å². The van der Waals surface area contributed by atoms with Crippen molar-refractivity contribution in [1.29, 1.82) is 0 Å². The van der Waals surface area contributed by atoms with Crippen LogP contribution in [-0.4, -0.2) is 12.5 Å². The van der Waals surface area contributed by atoms with Crippen molar-refractivity contribution in [3.05, 3.63) is 24.2 Å². The molecule has 1 aliphatic carbocycles. The minimum Gasteiger partial charge on any atom is -0.472 e. The molecule has 3 N–H and O–H groups in total. The smallest absolute Gasteiger partial charge is 0.227 e. The fourth-order valence-electron chi connectivity index (χ4n) is 2.60. The average Bonchev–Trinajstić information content (AvgIpc) is 2.90. The number of carbonyl (C=O) groups is 1. The highest BCUT2D eigenvalue weighted by atomic mass is 16.3. The molecule has 0 aliphatic heterocycles. The van der Waals surface area contributed by atoms with E-state index in [-0.39, 0.29) is 11.3 Å². The lowest BCUT2D eigenvalue weighted by molar-refractivity contribution is -0.133. The van der Waals surface area contributed by atoms with Gasteiger partial charge in [0.2, 0.25) is 5.91 Å². The van der Waals surface area contributed by atoms with Crippen LogP contribution >= 0.6 is 0 Å². The molecule has 1 saturated carbocycles. The van der Waals surface area contributed by atoms with Gasteiger partial charge in [0.15, 0.2) is 0 Å². The number of nitrogens with one attached hydrogen (secondary N) is 1. The zero-order chi connectivity index (χ0) is 13.0. The van der Waals surface area contributed by atoms with Crippen LogP contribution in [0, 0.1) is 11.3 Å². The van der Waals surface area contributed by atoms with E-state index in [0.717, 1.165) is 31.2 Å². The summed E-state index contributed by atoms with van der Waals surface area (Å²) in [7, 11) is 0. The van der Waals surface area contributed by atoms with Crippen LogP contribution in [0.5, 0.6) is 0 Å². The Bertz CT molecular complexity index is 379. The van der Waals surface area contributed by atoms with Crippen molar-refractivity contribution in [2.45, 2.75) is 39.2 Å². The first kappa shape index (κ1) is 13.1. The summed E-state index contributed by atoms with van der Waals surface area (Å²) in [4.78, 5) is 12.3. The molecule has 0 spiro atoms. The molecule has 0 saturated heterocycles. The van der Waals surface area contributed by atoms with Crippen LogP contribution in [0.15, 0.2) is 23.0 Å². The minimum absolute atomic E-state index is 0.0955. The molecule has 1 amide bonds. The van der Waals surface area contributed by atoms with Crippen molar-refractivity contribution >= 4 is 5.91 Å². The second kappa shape index (κ2) is 5.57. The summed E-state index contributed by atoms with van der Waals surface area (Å²) in [6.45, 7) is 3.20. The first-order valence-electron chi connectivity index (χ1n) is 6.66. The molecular formula is C14H22N2O2. The van der Waals surface area contributed by atoms with Crippen LogP contribution in [0.25, 0.3) is 0 Å². The van der Waals surface area contributed by atoms with Crippen LogP contribution in [0.2, 0.25) is 0 Å². The first-order valence-corrected chi connectivity index (χ1v) is 6.66. The van der Waals surface area contributed by atoms with E-state index >= 15 is 0 Å². The molecule has 4 heteroatoms. The second-order valence-electron chi connectivity index (χ2n) is 5.48. The predicted octanol–water partition coefficient (Wildman–Crippen LogP) is 2.05. The molecule has 1 aliphatic rings. The molecule has 2 rings (SSSR count). The number of hydrogen-bond donors (Lipinski definition) is 2. The highest BCUT2D eigenvalue weighted by Gasteiger charge is 2.39. The van der Waals surface area contributed by atoms with Gasteiger partial charge in [-0.1, -0.05) is 6.92 Å². The summed E-state index contributed by atoms with van der Waals surface area (Å²) in [6.07, 6.45) is 7.26. The van der Waals surface area contributed by atoms with E-state index in [0.29, 0.717) is 19.0 Å². The number of nitrogens with two attached hydrogens (primary N) is 1. The third kappa shape index (κ3) is 2.75.